The largest absolute Gasteiger partial charge is 0.466 e. The van der Waals surface area contributed by atoms with Crippen molar-refractivity contribution in [3.63, 3.8) is 0 Å². The topological polar surface area (TPSA) is 80.7 Å². The fraction of sp³-hybridized carbons (Fsp3) is 0.333. The normalized spacial score (nSPS) is 15.9. The van der Waals surface area contributed by atoms with Crippen molar-refractivity contribution in [3.05, 3.63) is 58.9 Å². The predicted molar refractivity (Wildman–Crippen MR) is 109 cm³/mol. The van der Waals surface area contributed by atoms with Gasteiger partial charge in [-0.15, -0.1) is 0 Å². The molecule has 0 unspecified atom stereocenters. The molecule has 0 aliphatic carbocycles. The number of nitrogens with one attached hydrogen (secondary N) is 1. The zero-order valence-electron chi connectivity index (χ0n) is 15.7. The van der Waals surface area contributed by atoms with E-state index < -0.39 is 6.04 Å². The number of ether oxygens (including phenoxy) is 1. The zero-order valence-corrected chi connectivity index (χ0v) is 16.4. The molecular weight excluding hydrogens is 378 g/mol. The van der Waals surface area contributed by atoms with E-state index >= 15 is 0 Å². The van der Waals surface area contributed by atoms with Gasteiger partial charge in [0.25, 0.3) is 0 Å². The number of nitrogens with zero attached hydrogens (tertiary/aromatic N) is 2. The Balaban J connectivity index is 1.87. The number of fused-ring (bicyclic) bond motifs is 1. The lowest BCUT2D eigenvalue weighted by molar-refractivity contribution is -0.143. The fourth-order valence-corrected chi connectivity index (χ4v) is 3.05. The molecule has 6 nitrogen and oxygen atoms in total. The molecule has 28 heavy (non-hydrogen) atoms. The van der Waals surface area contributed by atoms with Crippen LogP contribution < -0.4 is 5.32 Å². The Morgan fingerprint density at radius 2 is 2.14 bits per heavy atom. The number of rotatable bonds is 7. The monoisotopic (exact) mass is 399 g/mol. The number of aromatic nitrogens is 1. The second-order valence-electron chi connectivity index (χ2n) is 6.50. The van der Waals surface area contributed by atoms with Gasteiger partial charge in [0.15, 0.2) is 0 Å². The Bertz CT molecular complexity index is 884. The van der Waals surface area contributed by atoms with Gasteiger partial charge in [-0.25, -0.2) is 0 Å². The van der Waals surface area contributed by atoms with Gasteiger partial charge in [0.1, 0.15) is 6.04 Å². The van der Waals surface area contributed by atoms with E-state index in [1.54, 1.807) is 24.4 Å². The summed E-state index contributed by atoms with van der Waals surface area (Å²) in [5.74, 6) is -0.587. The van der Waals surface area contributed by atoms with E-state index in [1.807, 2.05) is 25.1 Å². The maximum Gasteiger partial charge on any atom is 0.305 e. The van der Waals surface area contributed by atoms with Gasteiger partial charge in [-0.3, -0.25) is 19.6 Å². The lowest BCUT2D eigenvalue weighted by Crippen LogP contribution is -2.26. The predicted octanol–water partition coefficient (Wildman–Crippen LogP) is 4.02. The summed E-state index contributed by atoms with van der Waals surface area (Å²) in [6.45, 7) is 2.43. The summed E-state index contributed by atoms with van der Waals surface area (Å²) in [5, 5.41) is 3.42. The molecule has 1 atom stereocenters. The Hall–Kier alpha value is -2.73. The summed E-state index contributed by atoms with van der Waals surface area (Å²) >= 11 is 6.17. The van der Waals surface area contributed by atoms with Crippen molar-refractivity contribution in [1.82, 2.24) is 4.98 Å². The van der Waals surface area contributed by atoms with E-state index in [1.165, 1.54) is 0 Å². The maximum absolute atomic E-state index is 12.7. The minimum Gasteiger partial charge on any atom is -0.466 e. The summed E-state index contributed by atoms with van der Waals surface area (Å²) in [4.78, 5) is 33.6. The SMILES string of the molecule is CCCCOC(=O)CC[C@@H]1N=C(c2ccccn2)c2cc(Cl)ccc2NC1=O. The van der Waals surface area contributed by atoms with Crippen molar-refractivity contribution in [2.45, 2.75) is 38.6 Å². The molecule has 1 amide bonds. The van der Waals surface area contributed by atoms with Crippen LogP contribution in [0.3, 0.4) is 0 Å². The molecular formula is C21H22ClN3O3. The first-order chi connectivity index (χ1) is 13.6. The van der Waals surface area contributed by atoms with Crippen LogP contribution >= 0.6 is 11.6 Å². The number of esters is 1. The van der Waals surface area contributed by atoms with E-state index in [0.717, 1.165) is 12.8 Å². The van der Waals surface area contributed by atoms with Crippen molar-refractivity contribution in [1.29, 1.82) is 0 Å². The Labute approximate surface area is 169 Å². The van der Waals surface area contributed by atoms with Crippen molar-refractivity contribution in [3.8, 4) is 0 Å². The fourth-order valence-electron chi connectivity index (χ4n) is 2.88. The molecule has 0 saturated heterocycles. The molecule has 0 spiro atoms. The minimum atomic E-state index is -0.720. The lowest BCUT2D eigenvalue weighted by Gasteiger charge is -2.11. The second-order valence-corrected chi connectivity index (χ2v) is 6.94. The van der Waals surface area contributed by atoms with E-state index in [4.69, 9.17) is 16.3 Å². The highest BCUT2D eigenvalue weighted by atomic mass is 35.5. The average Bonchev–Trinajstić information content (AvgIpc) is 2.83. The summed E-state index contributed by atoms with van der Waals surface area (Å²) in [5.41, 5.74) is 2.53. The first kappa shape index (κ1) is 20.0. The number of aliphatic imine (C=N–C) groups is 1. The highest BCUT2D eigenvalue weighted by Gasteiger charge is 2.27. The number of hydrogen-bond acceptors (Lipinski definition) is 5. The third-order valence-corrected chi connectivity index (χ3v) is 4.61. The highest BCUT2D eigenvalue weighted by molar-refractivity contribution is 6.31. The number of carbonyl (C=O) groups is 2. The Kier molecular flexibility index (Phi) is 6.76. The minimum absolute atomic E-state index is 0.123. The van der Waals surface area contributed by atoms with Crippen LogP contribution in [0.4, 0.5) is 5.69 Å². The smallest absolute Gasteiger partial charge is 0.305 e. The number of hydrogen-bond donors (Lipinski definition) is 1. The van der Waals surface area contributed by atoms with Gasteiger partial charge in [-0.2, -0.15) is 0 Å². The number of benzodiazepines with no additional fused rings is 1. The summed E-state index contributed by atoms with van der Waals surface area (Å²) in [7, 11) is 0. The van der Waals surface area contributed by atoms with Crippen molar-refractivity contribution < 1.29 is 14.3 Å². The van der Waals surface area contributed by atoms with E-state index in [2.05, 4.69) is 15.3 Å². The first-order valence-corrected chi connectivity index (χ1v) is 9.72. The number of pyridine rings is 1. The van der Waals surface area contributed by atoms with Gasteiger partial charge in [0.05, 0.1) is 23.7 Å². The van der Waals surface area contributed by atoms with Gasteiger partial charge in [0, 0.05) is 23.2 Å². The molecule has 0 saturated carbocycles. The number of halogens is 1. The van der Waals surface area contributed by atoms with Crippen molar-refractivity contribution >= 4 is 34.9 Å². The Morgan fingerprint density at radius 1 is 1.29 bits per heavy atom. The molecule has 2 heterocycles. The molecule has 1 aromatic carbocycles. The molecule has 2 aromatic rings. The summed E-state index contributed by atoms with van der Waals surface area (Å²) in [6.07, 6.45) is 3.83. The van der Waals surface area contributed by atoms with Crippen LogP contribution in [-0.4, -0.2) is 35.2 Å². The van der Waals surface area contributed by atoms with E-state index in [9.17, 15) is 9.59 Å². The molecule has 1 aliphatic rings. The second kappa shape index (κ2) is 9.46. The quantitative estimate of drug-likeness (QED) is 0.563. The third kappa shape index (κ3) is 4.95. The van der Waals surface area contributed by atoms with Gasteiger partial charge in [0.2, 0.25) is 5.91 Å². The van der Waals surface area contributed by atoms with Crippen molar-refractivity contribution in [2.75, 3.05) is 11.9 Å². The van der Waals surface area contributed by atoms with Crippen LogP contribution in [0.1, 0.15) is 43.9 Å². The standard InChI is InChI=1S/C21H22ClN3O3/c1-2-3-12-28-19(26)10-9-18-21(27)25-16-8-7-14(22)13-15(16)20(24-18)17-6-4-5-11-23-17/h4-8,11,13,18H,2-3,9-10,12H2,1H3,(H,25,27)/t18-/m0/s1. The first-order valence-electron chi connectivity index (χ1n) is 9.34. The van der Waals surface area contributed by atoms with E-state index in [-0.39, 0.29) is 24.7 Å². The van der Waals surface area contributed by atoms with Crippen LogP contribution in [0.5, 0.6) is 0 Å². The van der Waals surface area contributed by atoms with Crippen LogP contribution in [0.25, 0.3) is 0 Å². The van der Waals surface area contributed by atoms with Gasteiger partial charge in [-0.05, 0) is 43.2 Å². The number of anilines is 1. The molecule has 7 heteroatoms. The van der Waals surface area contributed by atoms with Crippen LogP contribution in [0.2, 0.25) is 5.02 Å². The molecule has 0 radical (unpaired) electrons. The maximum atomic E-state index is 12.7. The molecule has 0 bridgehead atoms. The van der Waals surface area contributed by atoms with Crippen LogP contribution in [0.15, 0.2) is 47.6 Å². The number of unbranched alkanes of at least 4 members (excludes halogenated alkanes) is 1. The number of benzene rings is 1. The number of amides is 1. The lowest BCUT2D eigenvalue weighted by atomic mass is 10.0. The van der Waals surface area contributed by atoms with E-state index in [0.29, 0.717) is 34.3 Å². The summed E-state index contributed by atoms with van der Waals surface area (Å²) in [6, 6.07) is 9.99. The van der Waals surface area contributed by atoms with Gasteiger partial charge in [-0.1, -0.05) is 31.0 Å². The van der Waals surface area contributed by atoms with Crippen LogP contribution in [0, 0.1) is 0 Å². The van der Waals surface area contributed by atoms with Gasteiger partial charge < -0.3 is 10.1 Å². The summed E-state index contributed by atoms with van der Waals surface area (Å²) < 4.78 is 5.18. The zero-order chi connectivity index (χ0) is 19.9. The Morgan fingerprint density at radius 3 is 2.89 bits per heavy atom. The molecule has 1 aromatic heterocycles. The number of carbonyl (C=O) groups excluding carboxylic acids is 2. The van der Waals surface area contributed by atoms with Crippen LogP contribution in [-0.2, 0) is 14.3 Å². The molecule has 146 valence electrons. The highest BCUT2D eigenvalue weighted by Crippen LogP contribution is 2.27. The van der Waals surface area contributed by atoms with Gasteiger partial charge >= 0.3 is 5.97 Å². The average molecular weight is 400 g/mol. The molecule has 3 rings (SSSR count). The molecule has 0 fully saturated rings. The van der Waals surface area contributed by atoms with Crippen molar-refractivity contribution in [2.24, 2.45) is 4.99 Å². The third-order valence-electron chi connectivity index (χ3n) is 4.37. The molecule has 1 N–H and O–H groups in total. The molecule has 1 aliphatic heterocycles.